The number of imide groups is 1. The molecule has 1 aromatic heterocycles. The third kappa shape index (κ3) is 4.14. The van der Waals surface area contributed by atoms with Crippen LogP contribution in [0.1, 0.15) is 48.7 Å². The van der Waals surface area contributed by atoms with Crippen molar-refractivity contribution < 1.29 is 19.4 Å². The zero-order chi connectivity index (χ0) is 22.0. The number of benzene rings is 1. The summed E-state index contributed by atoms with van der Waals surface area (Å²) in [6, 6.07) is 7.35. The van der Waals surface area contributed by atoms with Crippen molar-refractivity contribution in [2.75, 3.05) is 31.2 Å². The van der Waals surface area contributed by atoms with Crippen LogP contribution in [0.5, 0.6) is 6.01 Å². The Labute approximate surface area is 186 Å². The maximum atomic E-state index is 13.6. The van der Waals surface area contributed by atoms with Crippen molar-refractivity contribution in [1.82, 2.24) is 14.5 Å². The van der Waals surface area contributed by atoms with Crippen LogP contribution in [0.15, 0.2) is 24.3 Å². The van der Waals surface area contributed by atoms with Crippen molar-refractivity contribution in [3.05, 3.63) is 40.5 Å². The first kappa shape index (κ1) is 21.6. The van der Waals surface area contributed by atoms with Gasteiger partial charge in [0.05, 0.1) is 13.2 Å². The first-order chi connectivity index (χ1) is 15.0. The molecule has 0 saturated carbocycles. The van der Waals surface area contributed by atoms with Crippen molar-refractivity contribution in [2.45, 2.75) is 45.2 Å². The van der Waals surface area contributed by atoms with Gasteiger partial charge in [-0.3, -0.25) is 19.1 Å². The molecule has 1 aromatic carbocycles. The maximum absolute atomic E-state index is 13.6. The topological polar surface area (TPSA) is 87.9 Å². The number of amides is 2. The Morgan fingerprint density at radius 1 is 1.26 bits per heavy atom. The predicted octanol–water partition coefficient (Wildman–Crippen LogP) is 2.71. The number of carbonyl (C=O) groups is 2. The van der Waals surface area contributed by atoms with Gasteiger partial charge in [-0.1, -0.05) is 30.7 Å². The lowest BCUT2D eigenvalue weighted by atomic mass is 10.2. The maximum Gasteiger partial charge on any atom is 0.299 e. The minimum Gasteiger partial charge on any atom is -0.465 e. The smallest absolute Gasteiger partial charge is 0.299 e. The van der Waals surface area contributed by atoms with Crippen molar-refractivity contribution in [3.63, 3.8) is 0 Å². The Hall–Kier alpha value is -2.58. The molecule has 1 N–H and O–H groups in total. The van der Waals surface area contributed by atoms with E-state index in [-0.39, 0.29) is 19.1 Å². The number of anilines is 1. The number of halogens is 1. The molecule has 2 amide bonds. The Balaban J connectivity index is 1.82. The van der Waals surface area contributed by atoms with Crippen LogP contribution in [0, 0.1) is 0 Å². The van der Waals surface area contributed by atoms with Crippen molar-refractivity contribution in [1.29, 1.82) is 0 Å². The molecule has 2 aliphatic heterocycles. The van der Waals surface area contributed by atoms with Crippen molar-refractivity contribution in [3.8, 4) is 6.01 Å². The van der Waals surface area contributed by atoms with Crippen molar-refractivity contribution in [2.24, 2.45) is 0 Å². The van der Waals surface area contributed by atoms with Crippen LogP contribution in [0.2, 0.25) is 5.02 Å². The van der Waals surface area contributed by atoms with E-state index in [0.717, 1.165) is 18.4 Å². The highest BCUT2D eigenvalue weighted by molar-refractivity contribution is 6.30. The molecule has 3 heterocycles. The lowest BCUT2D eigenvalue weighted by Gasteiger charge is -2.24. The number of aliphatic hydroxyl groups excluding tert-OH is 1. The summed E-state index contributed by atoms with van der Waals surface area (Å²) in [7, 11) is 0. The lowest BCUT2D eigenvalue weighted by molar-refractivity contribution is -0.129. The van der Waals surface area contributed by atoms with Gasteiger partial charge in [0, 0.05) is 24.7 Å². The molecule has 1 fully saturated rings. The predicted molar refractivity (Wildman–Crippen MR) is 117 cm³/mol. The highest BCUT2D eigenvalue weighted by atomic mass is 35.5. The van der Waals surface area contributed by atoms with E-state index in [9.17, 15) is 14.7 Å². The fourth-order valence-corrected chi connectivity index (χ4v) is 4.31. The van der Waals surface area contributed by atoms with E-state index in [0.29, 0.717) is 55.1 Å². The fourth-order valence-electron chi connectivity index (χ4n) is 4.18. The van der Waals surface area contributed by atoms with Gasteiger partial charge in [-0.15, -0.1) is 0 Å². The van der Waals surface area contributed by atoms with Crippen LogP contribution in [-0.2, 0) is 11.3 Å². The quantitative estimate of drug-likeness (QED) is 0.627. The normalized spacial score (nSPS) is 18.2. The van der Waals surface area contributed by atoms with Gasteiger partial charge in [0.2, 0.25) is 0 Å². The summed E-state index contributed by atoms with van der Waals surface area (Å²) < 4.78 is 7.68. The minimum absolute atomic E-state index is 0.0901. The average Bonchev–Trinajstić information content (AvgIpc) is 3.37. The van der Waals surface area contributed by atoms with Gasteiger partial charge in [0.15, 0.2) is 11.5 Å². The number of nitrogens with zero attached hydrogens (tertiary/aromatic N) is 4. The Morgan fingerprint density at radius 3 is 2.74 bits per heavy atom. The first-order valence-electron chi connectivity index (χ1n) is 10.8. The number of carbonyl (C=O) groups excluding carboxylic acids is 2. The summed E-state index contributed by atoms with van der Waals surface area (Å²) in [5, 5.41) is 9.92. The molecule has 166 valence electrons. The van der Waals surface area contributed by atoms with E-state index in [4.69, 9.17) is 21.3 Å². The fraction of sp³-hybridized carbons (Fsp3) is 0.500. The van der Waals surface area contributed by atoms with Gasteiger partial charge in [-0.05, 0) is 43.4 Å². The summed E-state index contributed by atoms with van der Waals surface area (Å²) in [6.45, 7) is 3.60. The SMILES string of the molecule is CCCOc1nc2c(n1Cc1ccc(Cl)cc1)C(=O)N(CCCO)C(=O)C1CCCN21. The second-order valence-corrected chi connectivity index (χ2v) is 8.29. The third-order valence-corrected chi connectivity index (χ3v) is 5.92. The number of fused-ring (bicyclic) bond motifs is 3. The van der Waals surface area contributed by atoms with Crippen LogP contribution in [0.4, 0.5) is 5.82 Å². The van der Waals surface area contributed by atoms with Crippen LogP contribution < -0.4 is 9.64 Å². The molecule has 0 bridgehead atoms. The van der Waals surface area contributed by atoms with E-state index < -0.39 is 11.9 Å². The largest absolute Gasteiger partial charge is 0.465 e. The standard InChI is InChI=1S/C22H27ClN4O4/c1-2-13-31-22-24-19-18(27(22)14-15-6-8-16(23)9-7-15)21(30)26(11-4-12-28)20(29)17-5-3-10-25(17)19/h6-9,17,28H,2-5,10-14H2,1H3. The van der Waals surface area contributed by atoms with E-state index in [2.05, 4.69) is 0 Å². The van der Waals surface area contributed by atoms with Crippen LogP contribution in [0.3, 0.4) is 0 Å². The van der Waals surface area contributed by atoms with E-state index in [1.807, 2.05) is 24.0 Å². The Bertz CT molecular complexity index is 959. The Kier molecular flexibility index (Phi) is 6.48. The van der Waals surface area contributed by atoms with Gasteiger partial charge in [-0.2, -0.15) is 4.98 Å². The number of hydrogen-bond donors (Lipinski definition) is 1. The van der Waals surface area contributed by atoms with E-state index in [1.165, 1.54) is 4.90 Å². The van der Waals surface area contributed by atoms with E-state index >= 15 is 0 Å². The van der Waals surface area contributed by atoms with Crippen LogP contribution >= 0.6 is 11.6 Å². The van der Waals surface area contributed by atoms with Gasteiger partial charge < -0.3 is 14.7 Å². The van der Waals surface area contributed by atoms with Gasteiger partial charge in [-0.25, -0.2) is 0 Å². The number of aliphatic hydroxyl groups is 1. The summed E-state index contributed by atoms with van der Waals surface area (Å²) in [4.78, 5) is 34.7. The molecule has 0 radical (unpaired) electrons. The van der Waals surface area contributed by atoms with Gasteiger partial charge >= 0.3 is 0 Å². The molecular weight excluding hydrogens is 420 g/mol. The second kappa shape index (κ2) is 9.28. The molecule has 9 heteroatoms. The molecular formula is C22H27ClN4O4. The molecule has 0 spiro atoms. The second-order valence-electron chi connectivity index (χ2n) is 7.85. The number of rotatable bonds is 8. The highest BCUT2D eigenvalue weighted by Gasteiger charge is 2.45. The molecule has 31 heavy (non-hydrogen) atoms. The zero-order valence-corrected chi connectivity index (χ0v) is 18.3. The first-order valence-corrected chi connectivity index (χ1v) is 11.1. The molecule has 2 aromatic rings. The molecule has 1 atom stereocenters. The summed E-state index contributed by atoms with van der Waals surface area (Å²) in [6.07, 6.45) is 2.67. The van der Waals surface area contributed by atoms with Crippen LogP contribution in [-0.4, -0.2) is 63.7 Å². The molecule has 1 saturated heterocycles. The highest BCUT2D eigenvalue weighted by Crippen LogP contribution is 2.36. The van der Waals surface area contributed by atoms with Crippen molar-refractivity contribution >= 4 is 29.2 Å². The average molecular weight is 447 g/mol. The third-order valence-electron chi connectivity index (χ3n) is 5.67. The summed E-state index contributed by atoms with van der Waals surface area (Å²) in [5.41, 5.74) is 1.30. The molecule has 0 aliphatic carbocycles. The Morgan fingerprint density at radius 2 is 2.03 bits per heavy atom. The lowest BCUT2D eigenvalue weighted by Crippen LogP contribution is -2.46. The number of hydrogen-bond acceptors (Lipinski definition) is 6. The summed E-state index contributed by atoms with van der Waals surface area (Å²) >= 11 is 6.03. The monoisotopic (exact) mass is 446 g/mol. The summed E-state index contributed by atoms with van der Waals surface area (Å²) in [5.74, 6) is -0.105. The number of aromatic nitrogens is 2. The number of imidazole rings is 1. The zero-order valence-electron chi connectivity index (χ0n) is 17.6. The van der Waals surface area contributed by atoms with E-state index in [1.54, 1.807) is 16.7 Å². The molecule has 2 aliphatic rings. The van der Waals surface area contributed by atoms with Gasteiger partial charge in [0.1, 0.15) is 6.04 Å². The van der Waals surface area contributed by atoms with Gasteiger partial charge in [0.25, 0.3) is 17.8 Å². The van der Waals surface area contributed by atoms with Crippen LogP contribution in [0.25, 0.3) is 0 Å². The molecule has 8 nitrogen and oxygen atoms in total. The molecule has 4 rings (SSSR count). The molecule has 1 unspecified atom stereocenters. The number of ether oxygens (including phenoxy) is 1. The minimum atomic E-state index is -0.415.